The number of rotatable bonds is 5. The highest BCUT2D eigenvalue weighted by atomic mass is 35.5. The van der Waals surface area contributed by atoms with Crippen molar-refractivity contribution in [2.75, 3.05) is 13.1 Å². The Bertz CT molecular complexity index is 644. The molecule has 0 unspecified atom stereocenters. The largest absolute Gasteiger partial charge is 0.299 e. The molecular weight excluding hydrogens is 302 g/mol. The molecule has 1 fully saturated rings. The van der Waals surface area contributed by atoms with Crippen LogP contribution in [0.4, 0.5) is 0 Å². The Morgan fingerprint density at radius 3 is 2.57 bits per heavy atom. The van der Waals surface area contributed by atoms with Crippen LogP contribution >= 0.6 is 11.6 Å². The van der Waals surface area contributed by atoms with Gasteiger partial charge in [-0.3, -0.25) is 4.90 Å². The maximum atomic E-state index is 6.21. The molecule has 0 spiro atoms. The Balaban J connectivity index is 1.93. The number of nitrogens with zero attached hydrogens (tertiary/aromatic N) is 1. The van der Waals surface area contributed by atoms with Crippen LogP contribution in [0.1, 0.15) is 43.7 Å². The Hall–Kier alpha value is -1.31. The van der Waals surface area contributed by atoms with E-state index in [1.165, 1.54) is 61.0 Å². The summed E-state index contributed by atoms with van der Waals surface area (Å²) in [5.41, 5.74) is 5.45. The molecule has 1 nitrogen and oxygen atoms in total. The molecule has 0 amide bonds. The lowest BCUT2D eigenvalue weighted by Crippen LogP contribution is -2.29. The van der Waals surface area contributed by atoms with Crippen LogP contribution in [0.25, 0.3) is 11.1 Å². The minimum Gasteiger partial charge on any atom is -0.299 e. The summed E-state index contributed by atoms with van der Waals surface area (Å²) in [6, 6.07) is 15.2. The first-order valence-electron chi connectivity index (χ1n) is 8.86. The first kappa shape index (κ1) is 16.5. The minimum atomic E-state index is 0.809. The summed E-state index contributed by atoms with van der Waals surface area (Å²) in [7, 11) is 0. The second-order valence-electron chi connectivity index (χ2n) is 6.59. The van der Waals surface area contributed by atoms with E-state index in [1.54, 1.807) is 0 Å². The second kappa shape index (κ2) is 7.99. The van der Waals surface area contributed by atoms with E-state index < -0.39 is 0 Å². The van der Waals surface area contributed by atoms with Crippen LogP contribution < -0.4 is 0 Å². The molecule has 3 rings (SSSR count). The van der Waals surface area contributed by atoms with Crippen molar-refractivity contribution in [2.24, 2.45) is 0 Å². The van der Waals surface area contributed by atoms with E-state index in [-0.39, 0.29) is 0 Å². The van der Waals surface area contributed by atoms with Gasteiger partial charge in [-0.15, -0.1) is 0 Å². The maximum Gasteiger partial charge on any atom is 0.0412 e. The van der Waals surface area contributed by atoms with Gasteiger partial charge in [-0.2, -0.15) is 0 Å². The van der Waals surface area contributed by atoms with Crippen LogP contribution in [0.2, 0.25) is 5.02 Å². The highest BCUT2D eigenvalue weighted by molar-refractivity contribution is 6.30. The fourth-order valence-electron chi connectivity index (χ4n) is 3.52. The van der Waals surface area contributed by atoms with Crippen LogP contribution in [-0.4, -0.2) is 18.0 Å². The average Bonchev–Trinajstić information content (AvgIpc) is 2.56. The number of halogens is 1. The first-order chi connectivity index (χ1) is 11.3. The van der Waals surface area contributed by atoms with Gasteiger partial charge in [-0.25, -0.2) is 0 Å². The third-order valence-electron chi connectivity index (χ3n) is 4.69. The standard InChI is InChI=1S/C21H26ClN/c1-2-7-17-10-11-21(18-8-6-9-20(22)15-18)19(14-17)16-23-12-4-3-5-13-23/h6,8-11,14-15H,2-5,7,12-13,16H2,1H3. The van der Waals surface area contributed by atoms with Crippen molar-refractivity contribution in [1.29, 1.82) is 0 Å². The molecule has 0 saturated carbocycles. The fraction of sp³-hybridized carbons (Fsp3) is 0.429. The van der Waals surface area contributed by atoms with Gasteiger partial charge in [0.1, 0.15) is 0 Å². The fourth-order valence-corrected chi connectivity index (χ4v) is 3.71. The number of hydrogen-bond donors (Lipinski definition) is 0. The lowest BCUT2D eigenvalue weighted by Gasteiger charge is -2.27. The molecule has 1 aliphatic heterocycles. The normalized spacial score (nSPS) is 15.7. The topological polar surface area (TPSA) is 3.24 Å². The van der Waals surface area contributed by atoms with Crippen LogP contribution in [0.5, 0.6) is 0 Å². The third-order valence-corrected chi connectivity index (χ3v) is 4.92. The Morgan fingerprint density at radius 1 is 1.00 bits per heavy atom. The molecule has 0 aliphatic carbocycles. The molecule has 0 aromatic heterocycles. The Labute approximate surface area is 145 Å². The van der Waals surface area contributed by atoms with Gasteiger partial charge in [-0.05, 0) is 66.7 Å². The summed E-state index contributed by atoms with van der Waals surface area (Å²) in [4.78, 5) is 2.60. The molecule has 0 N–H and O–H groups in total. The number of piperidine rings is 1. The molecule has 0 atom stereocenters. The second-order valence-corrected chi connectivity index (χ2v) is 7.03. The molecule has 1 aliphatic rings. The smallest absolute Gasteiger partial charge is 0.0412 e. The molecule has 2 aromatic carbocycles. The van der Waals surface area contributed by atoms with Gasteiger partial charge in [-0.1, -0.05) is 61.7 Å². The highest BCUT2D eigenvalue weighted by Crippen LogP contribution is 2.29. The quantitative estimate of drug-likeness (QED) is 0.656. The number of benzene rings is 2. The minimum absolute atomic E-state index is 0.809. The number of hydrogen-bond acceptors (Lipinski definition) is 1. The molecule has 23 heavy (non-hydrogen) atoms. The Morgan fingerprint density at radius 2 is 1.83 bits per heavy atom. The van der Waals surface area contributed by atoms with Crippen molar-refractivity contribution >= 4 is 11.6 Å². The zero-order valence-corrected chi connectivity index (χ0v) is 14.8. The molecule has 122 valence electrons. The Kier molecular flexibility index (Phi) is 5.75. The van der Waals surface area contributed by atoms with Gasteiger partial charge in [0.15, 0.2) is 0 Å². The third kappa shape index (κ3) is 4.37. The maximum absolute atomic E-state index is 6.21. The SMILES string of the molecule is CCCc1ccc(-c2cccc(Cl)c2)c(CN2CCCCC2)c1. The summed E-state index contributed by atoms with van der Waals surface area (Å²) in [6.07, 6.45) is 6.40. The van der Waals surface area contributed by atoms with E-state index in [0.29, 0.717) is 0 Å². The van der Waals surface area contributed by atoms with Crippen molar-refractivity contribution in [3.8, 4) is 11.1 Å². The van der Waals surface area contributed by atoms with Crippen molar-refractivity contribution in [1.82, 2.24) is 4.90 Å². The molecule has 0 bridgehead atoms. The molecule has 2 aromatic rings. The van der Waals surface area contributed by atoms with Crippen molar-refractivity contribution in [2.45, 2.75) is 45.6 Å². The molecule has 1 heterocycles. The lowest BCUT2D eigenvalue weighted by molar-refractivity contribution is 0.221. The van der Waals surface area contributed by atoms with E-state index in [4.69, 9.17) is 11.6 Å². The van der Waals surface area contributed by atoms with E-state index in [2.05, 4.69) is 42.2 Å². The monoisotopic (exact) mass is 327 g/mol. The zero-order chi connectivity index (χ0) is 16.1. The number of aryl methyl sites for hydroxylation is 1. The van der Waals surface area contributed by atoms with Gasteiger partial charge < -0.3 is 0 Å². The molecule has 1 saturated heterocycles. The molecule has 0 radical (unpaired) electrons. The van der Waals surface area contributed by atoms with Gasteiger partial charge >= 0.3 is 0 Å². The zero-order valence-electron chi connectivity index (χ0n) is 14.0. The number of likely N-dealkylation sites (tertiary alicyclic amines) is 1. The van der Waals surface area contributed by atoms with E-state index >= 15 is 0 Å². The van der Waals surface area contributed by atoms with Crippen molar-refractivity contribution < 1.29 is 0 Å². The van der Waals surface area contributed by atoms with Crippen LogP contribution in [0.15, 0.2) is 42.5 Å². The van der Waals surface area contributed by atoms with Gasteiger partial charge in [0.05, 0.1) is 0 Å². The highest BCUT2D eigenvalue weighted by Gasteiger charge is 2.14. The summed E-state index contributed by atoms with van der Waals surface area (Å²) < 4.78 is 0. The summed E-state index contributed by atoms with van der Waals surface area (Å²) in [5.74, 6) is 0. The average molecular weight is 328 g/mol. The van der Waals surface area contributed by atoms with Crippen molar-refractivity contribution in [3.05, 3.63) is 58.6 Å². The van der Waals surface area contributed by atoms with Crippen LogP contribution in [0, 0.1) is 0 Å². The molecule has 2 heteroatoms. The first-order valence-corrected chi connectivity index (χ1v) is 9.24. The van der Waals surface area contributed by atoms with Gasteiger partial charge in [0.25, 0.3) is 0 Å². The van der Waals surface area contributed by atoms with Gasteiger partial charge in [0, 0.05) is 11.6 Å². The molecular formula is C21H26ClN. The predicted octanol–water partition coefficient (Wildman–Crippen LogP) is 5.95. The van der Waals surface area contributed by atoms with Crippen LogP contribution in [0.3, 0.4) is 0 Å². The van der Waals surface area contributed by atoms with Gasteiger partial charge in [0.2, 0.25) is 0 Å². The van der Waals surface area contributed by atoms with Crippen LogP contribution in [-0.2, 0) is 13.0 Å². The summed E-state index contributed by atoms with van der Waals surface area (Å²) in [6.45, 7) is 5.76. The summed E-state index contributed by atoms with van der Waals surface area (Å²) >= 11 is 6.21. The van der Waals surface area contributed by atoms with Crippen molar-refractivity contribution in [3.63, 3.8) is 0 Å². The van der Waals surface area contributed by atoms with E-state index in [1.807, 2.05) is 12.1 Å². The summed E-state index contributed by atoms with van der Waals surface area (Å²) in [5, 5.41) is 0.809. The predicted molar refractivity (Wildman–Crippen MR) is 100 cm³/mol. The van der Waals surface area contributed by atoms with E-state index in [9.17, 15) is 0 Å². The lowest BCUT2D eigenvalue weighted by atomic mass is 9.95. The van der Waals surface area contributed by atoms with E-state index in [0.717, 1.165) is 18.0 Å².